The van der Waals surface area contributed by atoms with E-state index >= 15 is 0 Å². The van der Waals surface area contributed by atoms with E-state index in [2.05, 4.69) is 73.1 Å². The zero-order valence-electron chi connectivity index (χ0n) is 79.3. The Balaban J connectivity index is 0.000000315. The van der Waals surface area contributed by atoms with Crippen LogP contribution in [0.15, 0.2) is 121 Å². The average molecular weight is 1980 g/mol. The summed E-state index contributed by atoms with van der Waals surface area (Å²) < 4.78 is 2.03. The van der Waals surface area contributed by atoms with Crippen LogP contribution in [0, 0.1) is 0 Å². The average Bonchev–Trinajstić information content (AvgIpc) is 0.758. The van der Waals surface area contributed by atoms with Crippen molar-refractivity contribution in [3.05, 3.63) is 166 Å². The van der Waals surface area contributed by atoms with Crippen LogP contribution in [0.1, 0.15) is 276 Å². The maximum atomic E-state index is 13.9. The van der Waals surface area contributed by atoms with Gasteiger partial charge in [0.2, 0.25) is 0 Å². The highest BCUT2D eigenvalue weighted by atomic mass is 79.9. The molecule has 12 rings (SSSR count). The molecule has 8 amide bonds. The first-order valence-corrected chi connectivity index (χ1v) is 53.1. The number of imide groups is 4. The zero-order valence-corrected chi connectivity index (χ0v) is 85.7. The number of anilines is 4. The van der Waals surface area contributed by atoms with E-state index in [-0.39, 0.29) is 107 Å². The van der Waals surface area contributed by atoms with Gasteiger partial charge in [-0.3, -0.25) is 58.0 Å². The number of halogens is 2. The summed E-state index contributed by atoms with van der Waals surface area (Å²) in [7, 11) is 23.7. The molecule has 0 aromatic heterocycles. The molecule has 0 atom stereocenters. The van der Waals surface area contributed by atoms with Crippen molar-refractivity contribution in [2.45, 2.75) is 194 Å². The first kappa shape index (κ1) is 106. The van der Waals surface area contributed by atoms with Crippen molar-refractivity contribution in [2.75, 3.05) is 192 Å². The lowest BCUT2D eigenvalue weighted by molar-refractivity contribution is -0.890. The number of benzene rings is 8. The van der Waals surface area contributed by atoms with Crippen LogP contribution in [0.3, 0.4) is 0 Å². The van der Waals surface area contributed by atoms with E-state index < -0.39 is 0 Å². The van der Waals surface area contributed by atoms with Crippen molar-refractivity contribution < 1.29 is 81.3 Å². The summed E-state index contributed by atoms with van der Waals surface area (Å²) in [6.07, 6.45) is 36.9. The molecule has 8 aromatic rings. The van der Waals surface area contributed by atoms with Crippen LogP contribution in [0.25, 0.3) is 43.1 Å². The van der Waals surface area contributed by atoms with Crippen molar-refractivity contribution >= 4 is 156 Å². The minimum atomic E-state index is -0.285. The maximum absolute atomic E-state index is 13.9. The minimum absolute atomic E-state index is 0. The molecule has 4 N–H and O–H groups in total. The quantitative estimate of drug-likeness (QED) is 0.0121. The van der Waals surface area contributed by atoms with E-state index in [1.165, 1.54) is 208 Å². The molecule has 4 heterocycles. The van der Waals surface area contributed by atoms with Crippen LogP contribution in [0.4, 0.5) is 22.7 Å². The minimum Gasteiger partial charge on any atom is -1.00 e. The summed E-state index contributed by atoms with van der Waals surface area (Å²) in [5.41, 5.74) is 8.13. The summed E-state index contributed by atoms with van der Waals surface area (Å²) in [6.45, 7) is 15.3. The van der Waals surface area contributed by atoms with Crippen LogP contribution < -0.4 is 55.2 Å². The number of rotatable bonds is 60. The highest BCUT2D eigenvalue weighted by molar-refractivity contribution is 8.77. The fourth-order valence-electron chi connectivity index (χ4n) is 18.4. The molecular formula is C104H146Br2N12O8S4. The topological polar surface area (TPSA) is 204 Å². The summed E-state index contributed by atoms with van der Waals surface area (Å²) in [6, 6.07) is 38.0. The molecular weight excluding hydrogens is 1830 g/mol. The molecule has 0 saturated carbocycles. The number of hydrogen-bond donors (Lipinski definition) is 4. The first-order valence-electron chi connectivity index (χ1n) is 48.1. The third-order valence-corrected chi connectivity index (χ3v) is 30.4. The van der Waals surface area contributed by atoms with Crippen molar-refractivity contribution in [1.29, 1.82) is 0 Å². The first-order chi connectivity index (χ1) is 62.0. The number of nitrogens with zero attached hydrogens (tertiary/aromatic N) is 8. The summed E-state index contributed by atoms with van der Waals surface area (Å²) in [4.78, 5) is 119. The molecule has 130 heavy (non-hydrogen) atoms. The number of carbonyl (C=O) groups is 8. The Labute approximate surface area is 812 Å². The Kier molecular flexibility index (Phi) is 44.5. The van der Waals surface area contributed by atoms with Crippen molar-refractivity contribution in [1.82, 2.24) is 29.4 Å². The summed E-state index contributed by atoms with van der Waals surface area (Å²) in [5.74, 6) is -0.113. The number of nitrogens with one attached hydrogen (secondary N) is 4. The lowest BCUT2D eigenvalue weighted by Gasteiger charge is -2.30. The molecule has 0 spiro atoms. The lowest BCUT2D eigenvalue weighted by Crippen LogP contribution is -3.00. The van der Waals surface area contributed by atoms with Gasteiger partial charge in [-0.15, -0.1) is 0 Å². The standard InChI is InChI=1S/C66H100N6O4S2.C38H44N6O4S2.2BrH/c1-7-9-11-13-15-17-19-21-23-25-27-29-47-71(3,4)49-33-43-67-59-41-39-57-61-53(59)35-31-37-55(61)63(73)69(65(57)75)45-51-77-78-52-46-70-64(74)56-38-32-36-54-60(42-40-58(62(54)56)66(70)76)68-44-34-50-72(5,6)48-30-28-26-24-22-20-18-16-14-12-10-8-2;1-41(2)19-7-17-39-31-15-13-29-33-25(31)9-5-11-27(33)35(45)43(37(29)47)21-23-49-50-24-22-44-36(46)28-12-6-10-26-32(40-18-8-20-42(3)4)16-14-30(34(26)28)38(44)48;;/h31-32,35-42H,7-30,33-34,43-52H2,1-6H3;5-6,9-16,39-40H,7-8,17-24H2,1-4H3;2*1H. The van der Waals surface area contributed by atoms with Gasteiger partial charge in [-0.25, -0.2) is 0 Å². The largest absolute Gasteiger partial charge is 1.00 e. The van der Waals surface area contributed by atoms with Crippen LogP contribution in [0.2, 0.25) is 0 Å². The SMILES string of the molecule is CCCCCCCCCCCCCC[N+](C)(C)CCCNc1ccc2c3c(cccc13)C(=O)N(CCSSCCN1C(=O)c3cccc4c(NCCC[N+](C)(C)CCCCCCCCCCCCCC)ccc(c34)C1=O)C2=O.CN(C)CCCNc1ccc2c3c(cccc13)C(=O)N(CCSSCCN1C(=O)c3cccc4c(NCCCN(C)C)ccc(c34)C1=O)C2=O.[Br-].[Br-]. The van der Waals surface area contributed by atoms with Crippen molar-refractivity contribution in [2.24, 2.45) is 0 Å². The second-order valence-corrected chi connectivity index (χ2v) is 42.6. The molecule has 0 unspecified atom stereocenters. The molecule has 8 aromatic carbocycles. The Hall–Kier alpha value is -7.24. The normalized spacial score (nSPS) is 13.7. The molecule has 4 aliphatic heterocycles. The van der Waals surface area contributed by atoms with E-state index in [1.54, 1.807) is 33.7 Å². The third-order valence-electron chi connectivity index (χ3n) is 25.7. The summed E-state index contributed by atoms with van der Waals surface area (Å²) >= 11 is 0. The Bertz CT molecular complexity index is 4690. The van der Waals surface area contributed by atoms with Crippen molar-refractivity contribution in [3.63, 3.8) is 0 Å². The molecule has 0 bridgehead atoms. The van der Waals surface area contributed by atoms with E-state index in [0.717, 1.165) is 142 Å². The Morgan fingerprint density at radius 1 is 0.262 bits per heavy atom. The molecule has 4 aliphatic rings. The van der Waals surface area contributed by atoms with Gasteiger partial charge in [-0.05, 0) is 153 Å². The fraction of sp³-hybridized carbons (Fsp3) is 0.538. The van der Waals surface area contributed by atoms with Gasteiger partial charge in [0.1, 0.15) is 0 Å². The zero-order chi connectivity index (χ0) is 91.0. The van der Waals surface area contributed by atoms with Gasteiger partial charge in [0.15, 0.2) is 0 Å². The van der Waals surface area contributed by atoms with Crippen molar-refractivity contribution in [3.8, 4) is 0 Å². The number of unbranched alkanes of at least 4 members (excludes halogenated alkanes) is 22. The van der Waals surface area contributed by atoms with E-state index in [4.69, 9.17) is 0 Å². The third kappa shape index (κ3) is 29.4. The second kappa shape index (κ2) is 54.3. The second-order valence-electron chi connectivity index (χ2n) is 37.2. The molecule has 0 fully saturated rings. The van der Waals surface area contributed by atoms with E-state index in [0.29, 0.717) is 78.3 Å². The molecule has 0 aliphatic carbocycles. The maximum Gasteiger partial charge on any atom is 0.261 e. The highest BCUT2D eigenvalue weighted by Crippen LogP contribution is 2.41. The molecule has 708 valence electrons. The van der Waals surface area contributed by atoms with Crippen LogP contribution >= 0.6 is 43.2 Å². The number of quaternary nitrogens is 2. The van der Waals surface area contributed by atoms with Gasteiger partial charge in [0, 0.05) is 199 Å². The van der Waals surface area contributed by atoms with Gasteiger partial charge < -0.3 is 74.0 Å². The van der Waals surface area contributed by atoms with Gasteiger partial charge >= 0.3 is 0 Å². The van der Waals surface area contributed by atoms with Gasteiger partial charge in [0.25, 0.3) is 47.3 Å². The number of amides is 8. The fourth-order valence-corrected chi connectivity index (χ4v) is 22.3. The van der Waals surface area contributed by atoms with Gasteiger partial charge in [-0.2, -0.15) is 0 Å². The molecule has 26 heteroatoms. The predicted octanol–water partition coefficient (Wildman–Crippen LogP) is 16.4. The van der Waals surface area contributed by atoms with Crippen LogP contribution in [-0.4, -0.2) is 257 Å². The van der Waals surface area contributed by atoms with E-state index in [9.17, 15) is 38.4 Å². The highest BCUT2D eigenvalue weighted by Gasteiger charge is 2.38. The number of hydrogen-bond acceptors (Lipinski definition) is 18. The van der Waals surface area contributed by atoms with Gasteiger partial charge in [0.05, 0.1) is 54.4 Å². The van der Waals surface area contributed by atoms with E-state index in [1.807, 2.05) is 137 Å². The Morgan fingerprint density at radius 2 is 0.462 bits per heavy atom. The monoisotopic (exact) mass is 1980 g/mol. The predicted molar refractivity (Wildman–Crippen MR) is 542 cm³/mol. The number of carbonyl (C=O) groups excluding carboxylic acids is 8. The smallest absolute Gasteiger partial charge is 0.261 e. The summed E-state index contributed by atoms with van der Waals surface area (Å²) in [5, 5.41) is 20.7. The lowest BCUT2D eigenvalue weighted by atomic mass is 9.93. The van der Waals surface area contributed by atoms with Crippen LogP contribution in [0.5, 0.6) is 0 Å². The van der Waals surface area contributed by atoms with Crippen LogP contribution in [-0.2, 0) is 0 Å². The Morgan fingerprint density at radius 3 is 0.685 bits per heavy atom. The molecule has 0 saturated heterocycles. The molecule has 20 nitrogen and oxygen atoms in total. The van der Waals surface area contributed by atoms with Gasteiger partial charge in [-0.1, -0.05) is 234 Å². The molecule has 0 radical (unpaired) electrons.